The second kappa shape index (κ2) is 7.26. The van der Waals surface area contributed by atoms with Crippen molar-refractivity contribution in [3.8, 4) is 0 Å². The van der Waals surface area contributed by atoms with Crippen LogP contribution in [0.4, 0.5) is 0 Å². The molecule has 0 amide bonds. The van der Waals surface area contributed by atoms with Crippen LogP contribution in [0.5, 0.6) is 0 Å². The Kier molecular flexibility index (Phi) is 5.64. The van der Waals surface area contributed by atoms with Crippen LogP contribution in [0.25, 0.3) is 0 Å². The number of hydrogen-bond donors (Lipinski definition) is 1. The molecule has 0 saturated heterocycles. The minimum Gasteiger partial charge on any atom is -0.316 e. The number of nitrogens with one attached hydrogen (secondary N) is 1. The molecule has 3 atom stereocenters. The average molecular weight is 277 g/mol. The van der Waals surface area contributed by atoms with Crippen LogP contribution in [0.1, 0.15) is 57.3 Å². The van der Waals surface area contributed by atoms with Gasteiger partial charge in [-0.25, -0.2) is 0 Å². The summed E-state index contributed by atoms with van der Waals surface area (Å²) in [6, 6.07) is 2.86. The molecular formula is C17H31N3. The van der Waals surface area contributed by atoms with Gasteiger partial charge < -0.3 is 5.32 Å². The minimum absolute atomic E-state index is 0.603. The Balaban J connectivity index is 2.04. The number of aryl methyl sites for hydroxylation is 2. The molecule has 0 radical (unpaired) electrons. The summed E-state index contributed by atoms with van der Waals surface area (Å²) in [6.45, 7) is 7.59. The van der Waals surface area contributed by atoms with E-state index in [0.717, 1.165) is 30.5 Å². The highest BCUT2D eigenvalue weighted by Crippen LogP contribution is 2.33. The zero-order valence-electron chi connectivity index (χ0n) is 13.7. The first-order chi connectivity index (χ1) is 9.67. The molecule has 1 aromatic rings. The Morgan fingerprint density at radius 2 is 2.20 bits per heavy atom. The maximum Gasteiger partial charge on any atom is 0.0596 e. The first-order valence-corrected chi connectivity index (χ1v) is 8.38. The van der Waals surface area contributed by atoms with Crippen molar-refractivity contribution in [3.05, 3.63) is 17.5 Å². The van der Waals surface area contributed by atoms with Gasteiger partial charge in [0, 0.05) is 24.7 Å². The summed E-state index contributed by atoms with van der Waals surface area (Å²) in [5, 5.41) is 8.17. The predicted octanol–water partition coefficient (Wildman–Crippen LogP) is 3.56. The zero-order valence-corrected chi connectivity index (χ0v) is 13.7. The molecule has 1 heterocycles. The third-order valence-corrected chi connectivity index (χ3v) is 5.05. The van der Waals surface area contributed by atoms with Crippen LogP contribution in [0.3, 0.4) is 0 Å². The molecule has 3 unspecified atom stereocenters. The average Bonchev–Trinajstić information content (AvgIpc) is 2.84. The number of likely N-dealkylation sites (N-methyl/N-ethyl adjacent to an activating group) is 1. The number of hydrogen-bond acceptors (Lipinski definition) is 2. The number of nitrogens with zero attached hydrogens (tertiary/aromatic N) is 2. The van der Waals surface area contributed by atoms with Gasteiger partial charge in [-0.1, -0.05) is 26.2 Å². The van der Waals surface area contributed by atoms with Crippen molar-refractivity contribution in [2.75, 3.05) is 7.05 Å². The van der Waals surface area contributed by atoms with Crippen LogP contribution in [0, 0.1) is 18.8 Å². The fourth-order valence-electron chi connectivity index (χ4n) is 3.84. The van der Waals surface area contributed by atoms with E-state index in [1.807, 2.05) is 0 Å². The lowest BCUT2D eigenvalue weighted by molar-refractivity contribution is 0.211. The van der Waals surface area contributed by atoms with E-state index in [9.17, 15) is 0 Å². The quantitative estimate of drug-likeness (QED) is 0.861. The van der Waals surface area contributed by atoms with Crippen LogP contribution in [-0.4, -0.2) is 22.9 Å². The maximum atomic E-state index is 4.58. The SMILES string of the molecule is CCC1CCCC(C(Cc2cc(C)nn2CC)NC)C1. The summed E-state index contributed by atoms with van der Waals surface area (Å²) in [6.07, 6.45) is 8.11. The van der Waals surface area contributed by atoms with Gasteiger partial charge >= 0.3 is 0 Å². The molecule has 1 aliphatic carbocycles. The first kappa shape index (κ1) is 15.6. The normalized spacial score (nSPS) is 24.8. The van der Waals surface area contributed by atoms with E-state index in [4.69, 9.17) is 0 Å². The molecule has 3 heteroatoms. The van der Waals surface area contributed by atoms with Gasteiger partial charge in [-0.2, -0.15) is 5.10 Å². The summed E-state index contributed by atoms with van der Waals surface area (Å²) in [7, 11) is 2.12. The lowest BCUT2D eigenvalue weighted by Gasteiger charge is -2.34. The highest BCUT2D eigenvalue weighted by molar-refractivity contribution is 5.11. The van der Waals surface area contributed by atoms with Crippen molar-refractivity contribution in [1.82, 2.24) is 15.1 Å². The van der Waals surface area contributed by atoms with E-state index in [1.54, 1.807) is 0 Å². The van der Waals surface area contributed by atoms with Crippen LogP contribution < -0.4 is 5.32 Å². The molecular weight excluding hydrogens is 246 g/mol. The molecule has 0 spiro atoms. The van der Waals surface area contributed by atoms with Crippen molar-refractivity contribution < 1.29 is 0 Å². The summed E-state index contributed by atoms with van der Waals surface area (Å²) in [4.78, 5) is 0. The van der Waals surface area contributed by atoms with E-state index in [0.29, 0.717) is 6.04 Å². The molecule has 0 bridgehead atoms. The molecule has 1 saturated carbocycles. The fourth-order valence-corrected chi connectivity index (χ4v) is 3.84. The predicted molar refractivity (Wildman–Crippen MR) is 84.9 cm³/mol. The fraction of sp³-hybridized carbons (Fsp3) is 0.824. The zero-order chi connectivity index (χ0) is 14.5. The van der Waals surface area contributed by atoms with Crippen molar-refractivity contribution in [1.29, 1.82) is 0 Å². The van der Waals surface area contributed by atoms with Gasteiger partial charge in [0.05, 0.1) is 5.69 Å². The van der Waals surface area contributed by atoms with E-state index in [2.05, 4.69) is 49.0 Å². The van der Waals surface area contributed by atoms with Gasteiger partial charge in [0.25, 0.3) is 0 Å². The van der Waals surface area contributed by atoms with Crippen LogP contribution in [0.2, 0.25) is 0 Å². The Morgan fingerprint density at radius 3 is 2.85 bits per heavy atom. The first-order valence-electron chi connectivity index (χ1n) is 8.38. The lowest BCUT2D eigenvalue weighted by Crippen LogP contribution is -2.38. The molecule has 1 aromatic heterocycles. The Morgan fingerprint density at radius 1 is 1.40 bits per heavy atom. The monoisotopic (exact) mass is 277 g/mol. The lowest BCUT2D eigenvalue weighted by atomic mass is 9.76. The van der Waals surface area contributed by atoms with Crippen molar-refractivity contribution in [2.45, 2.75) is 71.9 Å². The second-order valence-electron chi connectivity index (χ2n) is 6.39. The Hall–Kier alpha value is -0.830. The third kappa shape index (κ3) is 3.63. The van der Waals surface area contributed by atoms with Crippen LogP contribution >= 0.6 is 0 Å². The van der Waals surface area contributed by atoms with Crippen molar-refractivity contribution in [3.63, 3.8) is 0 Å². The molecule has 1 aliphatic rings. The van der Waals surface area contributed by atoms with E-state index in [-0.39, 0.29) is 0 Å². The summed E-state index contributed by atoms with van der Waals surface area (Å²) < 4.78 is 2.17. The summed E-state index contributed by atoms with van der Waals surface area (Å²) in [5.74, 6) is 1.78. The minimum atomic E-state index is 0.603. The van der Waals surface area contributed by atoms with Gasteiger partial charge in [0.1, 0.15) is 0 Å². The topological polar surface area (TPSA) is 29.9 Å². The Bertz CT molecular complexity index is 410. The molecule has 1 N–H and O–H groups in total. The Labute approximate surface area is 124 Å². The van der Waals surface area contributed by atoms with Gasteiger partial charge in [-0.3, -0.25) is 4.68 Å². The molecule has 20 heavy (non-hydrogen) atoms. The van der Waals surface area contributed by atoms with Crippen LogP contribution in [0.15, 0.2) is 6.07 Å². The smallest absolute Gasteiger partial charge is 0.0596 e. The van der Waals surface area contributed by atoms with E-state index in [1.165, 1.54) is 37.8 Å². The van der Waals surface area contributed by atoms with Gasteiger partial charge in [-0.15, -0.1) is 0 Å². The molecule has 0 aromatic carbocycles. The van der Waals surface area contributed by atoms with Crippen molar-refractivity contribution >= 4 is 0 Å². The van der Waals surface area contributed by atoms with E-state index >= 15 is 0 Å². The maximum absolute atomic E-state index is 4.58. The molecule has 114 valence electrons. The number of aromatic nitrogens is 2. The van der Waals surface area contributed by atoms with Crippen LogP contribution in [-0.2, 0) is 13.0 Å². The molecule has 3 nitrogen and oxygen atoms in total. The molecule has 2 rings (SSSR count). The number of rotatable bonds is 6. The van der Waals surface area contributed by atoms with Crippen molar-refractivity contribution in [2.24, 2.45) is 11.8 Å². The summed E-state index contributed by atoms with van der Waals surface area (Å²) >= 11 is 0. The van der Waals surface area contributed by atoms with E-state index < -0.39 is 0 Å². The third-order valence-electron chi connectivity index (χ3n) is 5.05. The molecule has 1 fully saturated rings. The van der Waals surface area contributed by atoms with Gasteiger partial charge in [0.2, 0.25) is 0 Å². The highest BCUT2D eigenvalue weighted by Gasteiger charge is 2.27. The largest absolute Gasteiger partial charge is 0.316 e. The van der Waals surface area contributed by atoms with Gasteiger partial charge in [0.15, 0.2) is 0 Å². The standard InChI is InChI=1S/C17H31N3/c1-5-14-8-7-9-15(11-14)17(18-4)12-16-10-13(3)19-20(16)6-2/h10,14-15,17-18H,5-9,11-12H2,1-4H3. The highest BCUT2D eigenvalue weighted by atomic mass is 15.3. The molecule has 0 aliphatic heterocycles. The summed E-state index contributed by atoms with van der Waals surface area (Å²) in [5.41, 5.74) is 2.54. The second-order valence-corrected chi connectivity index (χ2v) is 6.39. The van der Waals surface area contributed by atoms with Gasteiger partial charge in [-0.05, 0) is 51.6 Å².